The Morgan fingerprint density at radius 3 is 2.61 bits per heavy atom. The molecule has 10 heteroatoms. The summed E-state index contributed by atoms with van der Waals surface area (Å²) in [4.78, 5) is 39.1. The molecule has 0 radical (unpaired) electrons. The minimum atomic E-state index is -0.635. The standard InChI is InChI=1S/C21H17N5O5/c1-2-31-17-6-3-14(4-7-17)19-10-21(28)25(13-23-19)12-20(27)24-18-8-5-16(26(29)30)9-15(18)11-22/h3-10,13H,2,12H2,1H3,(H,24,27). The van der Waals surface area contributed by atoms with Crippen molar-refractivity contribution in [1.29, 1.82) is 5.26 Å². The van der Waals surface area contributed by atoms with Gasteiger partial charge in [-0.15, -0.1) is 0 Å². The number of nitrogens with zero attached hydrogens (tertiary/aromatic N) is 4. The van der Waals surface area contributed by atoms with Crippen molar-refractivity contribution in [3.63, 3.8) is 0 Å². The van der Waals surface area contributed by atoms with E-state index in [2.05, 4.69) is 10.3 Å². The number of carbonyl (C=O) groups excluding carboxylic acids is 1. The van der Waals surface area contributed by atoms with Crippen molar-refractivity contribution in [3.8, 4) is 23.1 Å². The highest BCUT2D eigenvalue weighted by molar-refractivity contribution is 5.92. The Morgan fingerprint density at radius 1 is 1.26 bits per heavy atom. The van der Waals surface area contributed by atoms with E-state index >= 15 is 0 Å². The van der Waals surface area contributed by atoms with Crippen LogP contribution in [-0.2, 0) is 11.3 Å². The van der Waals surface area contributed by atoms with E-state index in [4.69, 9.17) is 10.00 Å². The summed E-state index contributed by atoms with van der Waals surface area (Å²) in [5, 5.41) is 22.5. The molecular formula is C21H17N5O5. The molecule has 0 aliphatic carbocycles. The van der Waals surface area contributed by atoms with Gasteiger partial charge in [0.05, 0.1) is 34.8 Å². The van der Waals surface area contributed by atoms with Gasteiger partial charge in [-0.05, 0) is 37.3 Å². The maximum atomic E-state index is 12.4. The lowest BCUT2D eigenvalue weighted by atomic mass is 10.1. The number of nitro groups is 1. The summed E-state index contributed by atoms with van der Waals surface area (Å²) in [5.74, 6) is 0.127. The van der Waals surface area contributed by atoms with Gasteiger partial charge in [0.15, 0.2) is 0 Å². The van der Waals surface area contributed by atoms with Crippen molar-refractivity contribution in [2.45, 2.75) is 13.5 Å². The second-order valence-corrected chi connectivity index (χ2v) is 6.34. The largest absolute Gasteiger partial charge is 0.494 e. The molecule has 10 nitrogen and oxygen atoms in total. The average Bonchev–Trinajstić information content (AvgIpc) is 2.76. The Labute approximate surface area is 176 Å². The monoisotopic (exact) mass is 419 g/mol. The van der Waals surface area contributed by atoms with Gasteiger partial charge in [0.1, 0.15) is 18.4 Å². The molecule has 3 rings (SSSR count). The molecular weight excluding hydrogens is 402 g/mol. The molecule has 1 aromatic heterocycles. The van der Waals surface area contributed by atoms with E-state index in [9.17, 15) is 19.7 Å². The molecule has 0 atom stereocenters. The molecule has 156 valence electrons. The SMILES string of the molecule is CCOc1ccc(-c2cc(=O)n(CC(=O)Nc3ccc([N+](=O)[O-])cc3C#N)cn2)cc1. The van der Waals surface area contributed by atoms with E-state index in [1.54, 1.807) is 30.3 Å². The zero-order chi connectivity index (χ0) is 22.4. The van der Waals surface area contributed by atoms with E-state index in [0.29, 0.717) is 18.1 Å². The van der Waals surface area contributed by atoms with Crippen molar-refractivity contribution < 1.29 is 14.5 Å². The van der Waals surface area contributed by atoms with E-state index in [-0.39, 0.29) is 23.5 Å². The number of hydrogen-bond acceptors (Lipinski definition) is 7. The summed E-state index contributed by atoms with van der Waals surface area (Å²) in [6, 6.07) is 13.7. The fourth-order valence-electron chi connectivity index (χ4n) is 2.78. The van der Waals surface area contributed by atoms with Crippen LogP contribution in [0.2, 0.25) is 0 Å². The van der Waals surface area contributed by atoms with E-state index in [1.807, 2.05) is 6.92 Å². The lowest BCUT2D eigenvalue weighted by Gasteiger charge is -2.09. The van der Waals surface area contributed by atoms with Gasteiger partial charge >= 0.3 is 0 Å². The molecule has 0 saturated carbocycles. The lowest BCUT2D eigenvalue weighted by Crippen LogP contribution is -2.27. The number of ether oxygens (including phenoxy) is 1. The third-order valence-corrected chi connectivity index (χ3v) is 4.26. The van der Waals surface area contributed by atoms with Crippen LogP contribution < -0.4 is 15.6 Å². The van der Waals surface area contributed by atoms with Crippen LogP contribution in [-0.4, -0.2) is 27.0 Å². The Hall–Kier alpha value is -4.52. The Kier molecular flexibility index (Phi) is 6.37. The van der Waals surface area contributed by atoms with Gasteiger partial charge < -0.3 is 10.1 Å². The summed E-state index contributed by atoms with van der Waals surface area (Å²) in [6.07, 6.45) is 1.26. The summed E-state index contributed by atoms with van der Waals surface area (Å²) >= 11 is 0. The average molecular weight is 419 g/mol. The second kappa shape index (κ2) is 9.32. The summed E-state index contributed by atoms with van der Waals surface area (Å²) in [5.41, 5.74) is 0.538. The van der Waals surface area contributed by atoms with Crippen LogP contribution in [0.1, 0.15) is 12.5 Å². The number of nitrogens with one attached hydrogen (secondary N) is 1. The van der Waals surface area contributed by atoms with Gasteiger partial charge in [-0.2, -0.15) is 5.26 Å². The van der Waals surface area contributed by atoms with E-state index in [0.717, 1.165) is 16.2 Å². The van der Waals surface area contributed by atoms with Crippen LogP contribution in [0.15, 0.2) is 59.7 Å². The highest BCUT2D eigenvalue weighted by Gasteiger charge is 2.14. The zero-order valence-electron chi connectivity index (χ0n) is 16.4. The molecule has 31 heavy (non-hydrogen) atoms. The van der Waals surface area contributed by atoms with Crippen LogP contribution in [0.25, 0.3) is 11.3 Å². The highest BCUT2D eigenvalue weighted by atomic mass is 16.6. The first-order valence-electron chi connectivity index (χ1n) is 9.19. The molecule has 0 spiro atoms. The number of hydrogen-bond donors (Lipinski definition) is 1. The fraction of sp³-hybridized carbons (Fsp3) is 0.143. The number of anilines is 1. The number of non-ortho nitro benzene ring substituents is 1. The van der Waals surface area contributed by atoms with Gasteiger partial charge in [0.25, 0.3) is 11.2 Å². The molecule has 1 amide bonds. The summed E-state index contributed by atoms with van der Waals surface area (Å²) < 4.78 is 6.50. The van der Waals surface area contributed by atoms with Crippen LogP contribution in [0.4, 0.5) is 11.4 Å². The molecule has 0 bridgehead atoms. The Balaban J connectivity index is 1.73. The lowest BCUT2D eigenvalue weighted by molar-refractivity contribution is -0.384. The highest BCUT2D eigenvalue weighted by Crippen LogP contribution is 2.22. The van der Waals surface area contributed by atoms with Crippen LogP contribution in [0, 0.1) is 21.4 Å². The number of benzene rings is 2. The first-order valence-corrected chi connectivity index (χ1v) is 9.19. The smallest absolute Gasteiger partial charge is 0.270 e. The maximum Gasteiger partial charge on any atom is 0.270 e. The first-order chi connectivity index (χ1) is 14.9. The zero-order valence-corrected chi connectivity index (χ0v) is 16.4. The van der Waals surface area contributed by atoms with Crippen LogP contribution in [0.3, 0.4) is 0 Å². The van der Waals surface area contributed by atoms with Crippen molar-refractivity contribution in [2.75, 3.05) is 11.9 Å². The second-order valence-electron chi connectivity index (χ2n) is 6.34. The topological polar surface area (TPSA) is 140 Å². The van der Waals surface area contributed by atoms with E-state index in [1.165, 1.54) is 24.5 Å². The molecule has 1 N–H and O–H groups in total. The van der Waals surface area contributed by atoms with Crippen molar-refractivity contribution in [2.24, 2.45) is 0 Å². The van der Waals surface area contributed by atoms with Gasteiger partial charge in [-0.25, -0.2) is 4.98 Å². The molecule has 0 saturated heterocycles. The fourth-order valence-corrected chi connectivity index (χ4v) is 2.78. The van der Waals surface area contributed by atoms with Crippen LogP contribution in [0.5, 0.6) is 5.75 Å². The minimum absolute atomic E-state index is 0.0566. The van der Waals surface area contributed by atoms with Gasteiger partial charge in [-0.1, -0.05) is 0 Å². The molecule has 0 unspecified atom stereocenters. The molecule has 3 aromatic rings. The van der Waals surface area contributed by atoms with Crippen molar-refractivity contribution >= 4 is 17.3 Å². The number of amides is 1. The van der Waals surface area contributed by atoms with Gasteiger partial charge in [-0.3, -0.25) is 24.3 Å². The third-order valence-electron chi connectivity index (χ3n) is 4.26. The summed E-state index contributed by atoms with van der Waals surface area (Å²) in [7, 11) is 0. The molecule has 1 heterocycles. The quantitative estimate of drug-likeness (QED) is 0.458. The first kappa shape index (κ1) is 21.2. The van der Waals surface area contributed by atoms with Gasteiger partial charge in [0.2, 0.25) is 5.91 Å². The predicted molar refractivity (Wildman–Crippen MR) is 112 cm³/mol. The minimum Gasteiger partial charge on any atom is -0.494 e. The van der Waals surface area contributed by atoms with Crippen molar-refractivity contribution in [1.82, 2.24) is 9.55 Å². The normalized spacial score (nSPS) is 10.2. The van der Waals surface area contributed by atoms with E-state index < -0.39 is 16.4 Å². The molecule has 2 aromatic carbocycles. The molecule has 0 aliphatic heterocycles. The number of nitro benzene ring substituents is 1. The van der Waals surface area contributed by atoms with Crippen LogP contribution >= 0.6 is 0 Å². The number of rotatable bonds is 7. The molecule has 0 aliphatic rings. The third kappa shape index (κ3) is 5.10. The van der Waals surface area contributed by atoms with Gasteiger partial charge in [0, 0.05) is 23.8 Å². The summed E-state index contributed by atoms with van der Waals surface area (Å²) in [6.45, 7) is 2.09. The number of carbonyl (C=O) groups is 1. The predicted octanol–water partition coefficient (Wildman–Crippen LogP) is 2.73. The van der Waals surface area contributed by atoms with Crippen molar-refractivity contribution in [3.05, 3.63) is 80.9 Å². The Bertz CT molecular complexity index is 1230. The maximum absolute atomic E-state index is 12.4. The molecule has 0 fully saturated rings. The Morgan fingerprint density at radius 2 is 2.00 bits per heavy atom. The number of nitriles is 1. The number of aromatic nitrogens is 2.